The molecule has 0 saturated carbocycles. The summed E-state index contributed by atoms with van der Waals surface area (Å²) >= 11 is 0. The van der Waals surface area contributed by atoms with Crippen molar-refractivity contribution in [1.29, 1.82) is 5.26 Å². The van der Waals surface area contributed by atoms with E-state index in [2.05, 4.69) is 11.4 Å². The van der Waals surface area contributed by atoms with Crippen molar-refractivity contribution in [2.24, 2.45) is 0 Å². The monoisotopic (exact) mass is 254 g/mol. The first-order valence-corrected chi connectivity index (χ1v) is 5.69. The minimum atomic E-state index is -0.926. The molecule has 0 aliphatic carbocycles. The molecule has 18 heavy (non-hydrogen) atoms. The van der Waals surface area contributed by atoms with Crippen LogP contribution in [0.4, 0.5) is 8.78 Å². The lowest BCUT2D eigenvalue weighted by molar-refractivity contribution is 0.287. The highest BCUT2D eigenvalue weighted by Crippen LogP contribution is 2.16. The summed E-state index contributed by atoms with van der Waals surface area (Å²) in [5.41, 5.74) is -0.586. The molecule has 5 heteroatoms. The molecule has 3 nitrogen and oxygen atoms in total. The van der Waals surface area contributed by atoms with E-state index in [1.165, 1.54) is 6.07 Å². The summed E-state index contributed by atoms with van der Waals surface area (Å²) in [6.45, 7) is 2.15. The number of nitrogens with one attached hydrogen (secondary N) is 1. The summed E-state index contributed by atoms with van der Waals surface area (Å²) in [6, 6.07) is 5.58. The van der Waals surface area contributed by atoms with Gasteiger partial charge in [-0.2, -0.15) is 5.26 Å². The van der Waals surface area contributed by atoms with Crippen molar-refractivity contribution >= 4 is 0 Å². The van der Waals surface area contributed by atoms with Crippen LogP contribution in [0.5, 0.6) is 5.75 Å². The SMILES string of the molecule is CNC(C)(C#N)CCCOc1ccc(F)c(F)c1. The molecule has 1 aromatic rings. The molecule has 0 saturated heterocycles. The second-order valence-corrected chi connectivity index (χ2v) is 4.22. The van der Waals surface area contributed by atoms with Crippen molar-refractivity contribution in [1.82, 2.24) is 5.32 Å². The molecular weight excluding hydrogens is 238 g/mol. The van der Waals surface area contributed by atoms with Crippen molar-refractivity contribution in [2.45, 2.75) is 25.3 Å². The van der Waals surface area contributed by atoms with Gasteiger partial charge >= 0.3 is 0 Å². The third-order valence-electron chi connectivity index (χ3n) is 2.78. The van der Waals surface area contributed by atoms with Crippen LogP contribution in [0.1, 0.15) is 19.8 Å². The zero-order valence-electron chi connectivity index (χ0n) is 10.5. The second-order valence-electron chi connectivity index (χ2n) is 4.22. The molecule has 0 aliphatic rings. The number of nitriles is 1. The molecule has 1 aromatic carbocycles. The van der Waals surface area contributed by atoms with Gasteiger partial charge in [-0.25, -0.2) is 8.78 Å². The van der Waals surface area contributed by atoms with Gasteiger partial charge in [-0.05, 0) is 38.9 Å². The van der Waals surface area contributed by atoms with E-state index in [0.29, 0.717) is 19.4 Å². The van der Waals surface area contributed by atoms with Crippen molar-refractivity contribution in [3.8, 4) is 11.8 Å². The predicted molar refractivity (Wildman–Crippen MR) is 64.2 cm³/mol. The topological polar surface area (TPSA) is 45.0 Å². The Bertz CT molecular complexity index is 445. The molecule has 1 unspecified atom stereocenters. The Morgan fingerprint density at radius 2 is 2.11 bits per heavy atom. The Morgan fingerprint density at radius 3 is 2.67 bits per heavy atom. The maximum atomic E-state index is 12.9. The summed E-state index contributed by atoms with van der Waals surface area (Å²) < 4.78 is 30.8. The summed E-state index contributed by atoms with van der Waals surface area (Å²) in [6.07, 6.45) is 1.26. The summed E-state index contributed by atoms with van der Waals surface area (Å²) in [5.74, 6) is -1.53. The Labute approximate surface area is 105 Å². The van der Waals surface area contributed by atoms with E-state index in [0.717, 1.165) is 12.1 Å². The lowest BCUT2D eigenvalue weighted by Crippen LogP contribution is -2.38. The lowest BCUT2D eigenvalue weighted by atomic mass is 9.98. The van der Waals surface area contributed by atoms with Gasteiger partial charge in [0.2, 0.25) is 0 Å². The Hall–Kier alpha value is -1.67. The van der Waals surface area contributed by atoms with Crippen LogP contribution in [0.2, 0.25) is 0 Å². The molecule has 0 heterocycles. The molecule has 0 amide bonds. The fourth-order valence-corrected chi connectivity index (χ4v) is 1.42. The van der Waals surface area contributed by atoms with Crippen molar-refractivity contribution < 1.29 is 13.5 Å². The summed E-state index contributed by atoms with van der Waals surface area (Å²) in [5, 5.41) is 11.8. The molecule has 1 N–H and O–H groups in total. The van der Waals surface area contributed by atoms with Gasteiger partial charge in [0.15, 0.2) is 11.6 Å². The number of ether oxygens (including phenoxy) is 1. The molecule has 0 aliphatic heterocycles. The maximum absolute atomic E-state index is 12.9. The largest absolute Gasteiger partial charge is 0.493 e. The Kier molecular flexibility index (Phi) is 5.05. The predicted octanol–water partition coefficient (Wildman–Crippen LogP) is 2.63. The average Bonchev–Trinajstić information content (AvgIpc) is 2.38. The van der Waals surface area contributed by atoms with Crippen molar-refractivity contribution in [3.05, 3.63) is 29.8 Å². The number of hydrogen-bond acceptors (Lipinski definition) is 3. The molecule has 0 spiro atoms. The van der Waals surface area contributed by atoms with Crippen molar-refractivity contribution in [2.75, 3.05) is 13.7 Å². The number of halogens is 2. The molecule has 98 valence electrons. The number of benzene rings is 1. The zero-order valence-corrected chi connectivity index (χ0v) is 10.5. The first-order valence-electron chi connectivity index (χ1n) is 5.69. The minimum Gasteiger partial charge on any atom is -0.493 e. The molecule has 1 rings (SSSR count). The highest BCUT2D eigenvalue weighted by Gasteiger charge is 2.20. The highest BCUT2D eigenvalue weighted by atomic mass is 19.2. The van der Waals surface area contributed by atoms with E-state index >= 15 is 0 Å². The van der Waals surface area contributed by atoms with Crippen LogP contribution in [0.3, 0.4) is 0 Å². The summed E-state index contributed by atoms with van der Waals surface area (Å²) in [4.78, 5) is 0. The number of rotatable bonds is 6. The third kappa shape index (κ3) is 3.97. The van der Waals surface area contributed by atoms with E-state index in [4.69, 9.17) is 10.00 Å². The van der Waals surface area contributed by atoms with Crippen LogP contribution in [0, 0.1) is 23.0 Å². The lowest BCUT2D eigenvalue weighted by Gasteiger charge is -2.20. The highest BCUT2D eigenvalue weighted by molar-refractivity contribution is 5.23. The number of hydrogen-bond donors (Lipinski definition) is 1. The summed E-state index contributed by atoms with van der Waals surface area (Å²) in [7, 11) is 1.72. The van der Waals surface area contributed by atoms with Gasteiger partial charge in [0, 0.05) is 6.07 Å². The van der Waals surface area contributed by atoms with E-state index in [1.54, 1.807) is 14.0 Å². The minimum absolute atomic E-state index is 0.289. The quantitative estimate of drug-likeness (QED) is 0.794. The molecule has 0 fully saturated rings. The normalized spacial score (nSPS) is 13.7. The van der Waals surface area contributed by atoms with Gasteiger partial charge in [0.05, 0.1) is 12.7 Å². The van der Waals surface area contributed by atoms with Gasteiger partial charge in [0.25, 0.3) is 0 Å². The van der Waals surface area contributed by atoms with Crippen LogP contribution in [-0.2, 0) is 0 Å². The van der Waals surface area contributed by atoms with Crippen LogP contribution >= 0.6 is 0 Å². The second kappa shape index (κ2) is 6.31. The van der Waals surface area contributed by atoms with Crippen LogP contribution in [-0.4, -0.2) is 19.2 Å². The Balaban J connectivity index is 2.39. The maximum Gasteiger partial charge on any atom is 0.162 e. The average molecular weight is 254 g/mol. The standard InChI is InChI=1S/C13H16F2N2O/c1-13(9-16,17-2)6-3-7-18-10-4-5-11(14)12(15)8-10/h4-5,8,17H,3,6-7H2,1-2H3. The van der Waals surface area contributed by atoms with E-state index in [1.807, 2.05) is 0 Å². The first kappa shape index (κ1) is 14.4. The molecule has 0 bridgehead atoms. The molecule has 1 atom stereocenters. The zero-order chi connectivity index (χ0) is 13.6. The van der Waals surface area contributed by atoms with Crippen LogP contribution in [0.15, 0.2) is 18.2 Å². The Morgan fingerprint density at radius 1 is 1.39 bits per heavy atom. The number of nitrogens with zero attached hydrogens (tertiary/aromatic N) is 1. The van der Waals surface area contributed by atoms with Gasteiger partial charge < -0.3 is 10.1 Å². The van der Waals surface area contributed by atoms with Crippen LogP contribution < -0.4 is 10.1 Å². The fraction of sp³-hybridized carbons (Fsp3) is 0.462. The third-order valence-corrected chi connectivity index (χ3v) is 2.78. The molecule has 0 radical (unpaired) electrons. The first-order chi connectivity index (χ1) is 8.50. The molecular formula is C13H16F2N2O. The van der Waals surface area contributed by atoms with Gasteiger partial charge in [-0.15, -0.1) is 0 Å². The fourth-order valence-electron chi connectivity index (χ4n) is 1.42. The van der Waals surface area contributed by atoms with Crippen molar-refractivity contribution in [3.63, 3.8) is 0 Å². The van der Waals surface area contributed by atoms with E-state index in [-0.39, 0.29) is 5.75 Å². The van der Waals surface area contributed by atoms with Crippen LogP contribution in [0.25, 0.3) is 0 Å². The van der Waals surface area contributed by atoms with Gasteiger partial charge in [-0.1, -0.05) is 0 Å². The molecule has 0 aromatic heterocycles. The van der Waals surface area contributed by atoms with Gasteiger partial charge in [-0.3, -0.25) is 0 Å². The van der Waals surface area contributed by atoms with E-state index < -0.39 is 17.2 Å². The van der Waals surface area contributed by atoms with E-state index in [9.17, 15) is 8.78 Å². The smallest absolute Gasteiger partial charge is 0.162 e. The van der Waals surface area contributed by atoms with Gasteiger partial charge in [0.1, 0.15) is 11.3 Å².